The van der Waals surface area contributed by atoms with E-state index in [2.05, 4.69) is 9.97 Å². The van der Waals surface area contributed by atoms with Crippen LogP contribution in [0.25, 0.3) is 11.0 Å². The number of nitrogens with one attached hydrogen (secondary N) is 1. The first-order valence-corrected chi connectivity index (χ1v) is 8.73. The molecular weight excluding hydrogens is 349 g/mol. The molecule has 140 valence electrons. The molecule has 0 aliphatic carbocycles. The molecule has 0 saturated heterocycles. The fourth-order valence-corrected chi connectivity index (χ4v) is 3.44. The van der Waals surface area contributed by atoms with E-state index in [1.807, 2.05) is 18.2 Å². The number of para-hydroxylation sites is 1. The molecule has 0 fully saturated rings. The monoisotopic (exact) mass is 369 g/mol. The summed E-state index contributed by atoms with van der Waals surface area (Å²) in [4.78, 5) is 21.9. The van der Waals surface area contributed by atoms with Crippen LogP contribution < -0.4 is 9.47 Å². The standard InChI is InChI=1S/C20H20FN3O3/c1-24(10-18-22-15-7-6-14(21)9-16(15)23-18)20(25)13-8-12-4-3-5-17(26-2)19(12)27-11-13/h3-7,9,13H,8,10-11H2,1-2H3,(H,22,23)/t13-/m1/s1. The summed E-state index contributed by atoms with van der Waals surface area (Å²) in [6.07, 6.45) is 0.598. The number of amides is 1. The second kappa shape index (κ2) is 6.90. The summed E-state index contributed by atoms with van der Waals surface area (Å²) >= 11 is 0. The first-order chi connectivity index (χ1) is 13.0. The quantitative estimate of drug-likeness (QED) is 0.768. The molecule has 27 heavy (non-hydrogen) atoms. The number of hydrogen-bond donors (Lipinski definition) is 1. The van der Waals surface area contributed by atoms with Crippen molar-refractivity contribution in [2.24, 2.45) is 5.92 Å². The van der Waals surface area contributed by atoms with Crippen LogP contribution in [0.3, 0.4) is 0 Å². The van der Waals surface area contributed by atoms with Crippen molar-refractivity contribution in [3.63, 3.8) is 0 Å². The number of carbonyl (C=O) groups excluding carboxylic acids is 1. The topological polar surface area (TPSA) is 67.5 Å². The number of imidazole rings is 1. The first kappa shape index (κ1) is 17.3. The van der Waals surface area contributed by atoms with Crippen LogP contribution in [0.15, 0.2) is 36.4 Å². The SMILES string of the molecule is COc1cccc2c1OC[C@H](C(=O)N(C)Cc1nc3ccc(F)cc3[nH]1)C2. The van der Waals surface area contributed by atoms with Gasteiger partial charge in [0.15, 0.2) is 11.5 Å². The number of aromatic nitrogens is 2. The number of nitrogens with zero attached hydrogens (tertiary/aromatic N) is 2. The van der Waals surface area contributed by atoms with Crippen LogP contribution in [0.5, 0.6) is 11.5 Å². The van der Waals surface area contributed by atoms with Crippen LogP contribution in [-0.4, -0.2) is 41.5 Å². The zero-order valence-corrected chi connectivity index (χ0v) is 15.2. The highest BCUT2D eigenvalue weighted by Gasteiger charge is 2.30. The summed E-state index contributed by atoms with van der Waals surface area (Å²) in [7, 11) is 3.33. The van der Waals surface area contributed by atoms with Crippen LogP contribution in [0.4, 0.5) is 4.39 Å². The highest BCUT2D eigenvalue weighted by Crippen LogP contribution is 2.36. The Labute approximate surface area is 155 Å². The summed E-state index contributed by atoms with van der Waals surface area (Å²) in [5.74, 6) is 1.40. The lowest BCUT2D eigenvalue weighted by Crippen LogP contribution is -2.38. The number of H-pyrrole nitrogens is 1. The molecule has 2 aromatic carbocycles. The number of ether oxygens (including phenoxy) is 2. The third kappa shape index (κ3) is 3.32. The Bertz CT molecular complexity index is 1000. The Morgan fingerprint density at radius 2 is 2.26 bits per heavy atom. The number of rotatable bonds is 4. The summed E-state index contributed by atoms with van der Waals surface area (Å²) in [5.41, 5.74) is 2.26. The fourth-order valence-electron chi connectivity index (χ4n) is 3.44. The molecule has 3 aromatic rings. The van der Waals surface area contributed by atoms with Gasteiger partial charge in [-0.15, -0.1) is 0 Å². The summed E-state index contributed by atoms with van der Waals surface area (Å²) in [6, 6.07) is 10.1. The lowest BCUT2D eigenvalue weighted by molar-refractivity contribution is -0.136. The first-order valence-electron chi connectivity index (χ1n) is 8.73. The van der Waals surface area contributed by atoms with E-state index in [-0.39, 0.29) is 17.6 Å². The number of benzene rings is 2. The van der Waals surface area contributed by atoms with E-state index in [9.17, 15) is 9.18 Å². The Morgan fingerprint density at radius 1 is 1.41 bits per heavy atom. The average molecular weight is 369 g/mol. The van der Waals surface area contributed by atoms with Gasteiger partial charge in [-0.25, -0.2) is 9.37 Å². The van der Waals surface area contributed by atoms with Gasteiger partial charge in [-0.1, -0.05) is 12.1 Å². The van der Waals surface area contributed by atoms with Crippen molar-refractivity contribution in [1.82, 2.24) is 14.9 Å². The van der Waals surface area contributed by atoms with Gasteiger partial charge in [-0.3, -0.25) is 4.79 Å². The minimum absolute atomic E-state index is 0.0184. The maximum absolute atomic E-state index is 13.3. The van der Waals surface area contributed by atoms with Crippen molar-refractivity contribution in [1.29, 1.82) is 0 Å². The van der Waals surface area contributed by atoms with Gasteiger partial charge in [0, 0.05) is 7.05 Å². The molecule has 1 aliphatic heterocycles. The van der Waals surface area contributed by atoms with E-state index >= 15 is 0 Å². The fraction of sp³-hybridized carbons (Fsp3) is 0.300. The summed E-state index contributed by atoms with van der Waals surface area (Å²) < 4.78 is 24.4. The molecular formula is C20H20FN3O3. The molecule has 1 amide bonds. The van der Waals surface area contributed by atoms with Gasteiger partial charge in [-0.2, -0.15) is 0 Å². The number of hydrogen-bond acceptors (Lipinski definition) is 4. The van der Waals surface area contributed by atoms with Gasteiger partial charge < -0.3 is 19.4 Å². The molecule has 0 unspecified atom stereocenters. The van der Waals surface area contributed by atoms with E-state index in [0.717, 1.165) is 5.56 Å². The predicted molar refractivity (Wildman–Crippen MR) is 98.2 cm³/mol. The zero-order chi connectivity index (χ0) is 19.0. The van der Waals surface area contributed by atoms with Crippen molar-refractivity contribution < 1.29 is 18.7 Å². The van der Waals surface area contributed by atoms with E-state index in [4.69, 9.17) is 9.47 Å². The lowest BCUT2D eigenvalue weighted by Gasteiger charge is -2.28. The predicted octanol–water partition coefficient (Wildman–Crippen LogP) is 2.92. The van der Waals surface area contributed by atoms with E-state index in [1.165, 1.54) is 12.1 Å². The van der Waals surface area contributed by atoms with Crippen LogP contribution in [0.1, 0.15) is 11.4 Å². The maximum atomic E-state index is 13.3. The minimum atomic E-state index is -0.324. The normalized spacial score (nSPS) is 15.9. The number of methoxy groups -OCH3 is 1. The molecule has 4 rings (SSSR count). The second-order valence-corrected chi connectivity index (χ2v) is 6.70. The zero-order valence-electron chi connectivity index (χ0n) is 15.2. The van der Waals surface area contributed by atoms with Gasteiger partial charge in [0.2, 0.25) is 5.91 Å². The number of fused-ring (bicyclic) bond motifs is 2. The second-order valence-electron chi connectivity index (χ2n) is 6.70. The van der Waals surface area contributed by atoms with Crippen LogP contribution in [0.2, 0.25) is 0 Å². The van der Waals surface area contributed by atoms with Gasteiger partial charge >= 0.3 is 0 Å². The van der Waals surface area contributed by atoms with Crippen LogP contribution in [-0.2, 0) is 17.8 Å². The van der Waals surface area contributed by atoms with Crippen LogP contribution >= 0.6 is 0 Å². The molecule has 1 aromatic heterocycles. The summed E-state index contributed by atoms with van der Waals surface area (Å²) in [6.45, 7) is 0.624. The van der Waals surface area contributed by atoms with Gasteiger partial charge in [0.25, 0.3) is 0 Å². The Hall–Kier alpha value is -3.09. The van der Waals surface area contributed by atoms with E-state index < -0.39 is 0 Å². The third-order valence-electron chi connectivity index (χ3n) is 4.78. The van der Waals surface area contributed by atoms with E-state index in [1.54, 1.807) is 25.1 Å². The van der Waals surface area contributed by atoms with Crippen molar-refractivity contribution in [2.45, 2.75) is 13.0 Å². The molecule has 1 atom stereocenters. The molecule has 2 heterocycles. The Kier molecular flexibility index (Phi) is 4.43. The number of carbonyl (C=O) groups is 1. The Morgan fingerprint density at radius 3 is 3.07 bits per heavy atom. The summed E-state index contributed by atoms with van der Waals surface area (Å²) in [5, 5.41) is 0. The van der Waals surface area contributed by atoms with E-state index in [0.29, 0.717) is 47.9 Å². The lowest BCUT2D eigenvalue weighted by atomic mass is 9.95. The average Bonchev–Trinajstić information content (AvgIpc) is 3.07. The number of halogens is 1. The number of aromatic amines is 1. The largest absolute Gasteiger partial charge is 0.493 e. The molecule has 1 aliphatic rings. The third-order valence-corrected chi connectivity index (χ3v) is 4.78. The maximum Gasteiger partial charge on any atom is 0.229 e. The molecule has 0 spiro atoms. The van der Waals surface area contributed by atoms with Gasteiger partial charge in [-0.05, 0) is 36.2 Å². The molecule has 0 bridgehead atoms. The van der Waals surface area contributed by atoms with Crippen molar-refractivity contribution in [3.8, 4) is 11.5 Å². The highest BCUT2D eigenvalue weighted by atomic mass is 19.1. The molecule has 7 heteroatoms. The van der Waals surface area contributed by atoms with Gasteiger partial charge in [0.05, 0.1) is 30.6 Å². The smallest absolute Gasteiger partial charge is 0.229 e. The molecule has 1 N–H and O–H groups in total. The highest BCUT2D eigenvalue weighted by molar-refractivity contribution is 5.80. The van der Waals surface area contributed by atoms with Crippen molar-refractivity contribution >= 4 is 16.9 Å². The molecule has 6 nitrogen and oxygen atoms in total. The molecule has 0 radical (unpaired) electrons. The minimum Gasteiger partial charge on any atom is -0.493 e. The van der Waals surface area contributed by atoms with Crippen molar-refractivity contribution in [2.75, 3.05) is 20.8 Å². The molecule has 0 saturated carbocycles. The van der Waals surface area contributed by atoms with Gasteiger partial charge in [0.1, 0.15) is 18.2 Å². The van der Waals surface area contributed by atoms with Crippen molar-refractivity contribution in [3.05, 3.63) is 53.6 Å². The Balaban J connectivity index is 1.47. The van der Waals surface area contributed by atoms with Crippen LogP contribution in [0, 0.1) is 11.7 Å².